The number of rotatable bonds is 20. The Kier molecular flexibility index (Phi) is 19.9. The molecule has 0 spiro atoms. The van der Waals surface area contributed by atoms with Crippen LogP contribution < -0.4 is 0 Å². The van der Waals surface area contributed by atoms with Crippen LogP contribution in [0.15, 0.2) is 18.2 Å². The predicted octanol–water partition coefficient (Wildman–Crippen LogP) is 8.00. The first-order chi connectivity index (χ1) is 22.9. The van der Waals surface area contributed by atoms with Crippen molar-refractivity contribution in [2.75, 3.05) is 33.8 Å². The summed E-state index contributed by atoms with van der Waals surface area (Å²) in [5, 5.41) is -1.94. The molecule has 1 rings (SSSR count). The molecule has 0 bridgehead atoms. The van der Waals surface area contributed by atoms with Crippen LogP contribution in [0.2, 0.25) is 10.0 Å². The van der Waals surface area contributed by atoms with Gasteiger partial charge in [-0.1, -0.05) is 29.3 Å². The van der Waals surface area contributed by atoms with Gasteiger partial charge in [-0.05, 0) is 72.6 Å². The van der Waals surface area contributed by atoms with Crippen LogP contribution >= 0.6 is 38.4 Å². The fourth-order valence-electron chi connectivity index (χ4n) is 3.12. The third-order valence-corrected chi connectivity index (χ3v) is 11.2. The highest BCUT2D eigenvalue weighted by molar-refractivity contribution is 7.72. The number of hydrogen-bond donors (Lipinski definition) is 0. The van der Waals surface area contributed by atoms with Crippen molar-refractivity contribution in [3.05, 3.63) is 33.8 Å². The second-order valence-electron chi connectivity index (χ2n) is 10.0. The summed E-state index contributed by atoms with van der Waals surface area (Å²) in [6, 6.07) is 4.07. The van der Waals surface area contributed by atoms with E-state index in [4.69, 9.17) is 74.5 Å². The molecule has 2 unspecified atom stereocenters. The minimum absolute atomic E-state index is 0.0243. The van der Waals surface area contributed by atoms with Crippen LogP contribution in [0.3, 0.4) is 0 Å². The molecule has 0 N–H and O–H groups in total. The smallest absolute Gasteiger partial charge is 0.435 e. The average molecular weight is 785 g/mol. The fourth-order valence-corrected chi connectivity index (χ4v) is 8.13. The first kappa shape index (κ1) is 44.2. The van der Waals surface area contributed by atoms with Gasteiger partial charge in [0.05, 0.1) is 35.0 Å². The van der Waals surface area contributed by atoms with Gasteiger partial charge in [0.2, 0.25) is 27.2 Å². The number of benzene rings is 1. The molecule has 0 heterocycles. The topological polar surface area (TPSA) is 213 Å². The van der Waals surface area contributed by atoms with Crippen LogP contribution in [0, 0.1) is 0 Å². The molecule has 0 aliphatic carbocycles. The lowest BCUT2D eigenvalue weighted by molar-refractivity contribution is -0.0321. The molecule has 49 heavy (non-hydrogen) atoms. The van der Waals surface area contributed by atoms with E-state index >= 15 is 0 Å². The van der Waals surface area contributed by atoms with Crippen LogP contribution in [0.4, 0.5) is 19.2 Å². The highest BCUT2D eigenvalue weighted by atomic mass is 35.5. The Hall–Kier alpha value is -2.82. The van der Waals surface area contributed by atoms with Gasteiger partial charge in [0.15, 0.2) is 5.40 Å². The van der Waals surface area contributed by atoms with Gasteiger partial charge in [-0.2, -0.15) is 0 Å². The summed E-state index contributed by atoms with van der Waals surface area (Å²) >= 11 is 12.2. The van der Waals surface area contributed by atoms with E-state index < -0.39 is 97.1 Å². The van der Waals surface area contributed by atoms with Gasteiger partial charge >= 0.3 is 39.8 Å². The third kappa shape index (κ3) is 17.6. The van der Waals surface area contributed by atoms with Crippen LogP contribution in [0.1, 0.15) is 54.0 Å². The van der Waals surface area contributed by atoms with Crippen LogP contribution in [0.5, 0.6) is 0 Å². The number of carbonyl (C=O) groups excluding carboxylic acids is 4. The third-order valence-electron chi connectivity index (χ3n) is 5.03. The van der Waals surface area contributed by atoms with E-state index in [0.717, 1.165) is 0 Å². The molecule has 0 aliphatic heterocycles. The van der Waals surface area contributed by atoms with Crippen molar-refractivity contribution in [2.24, 2.45) is 0 Å². The Morgan fingerprint density at radius 1 is 0.592 bits per heavy atom. The van der Waals surface area contributed by atoms with Crippen LogP contribution in [-0.4, -0.2) is 82.1 Å². The zero-order valence-electron chi connectivity index (χ0n) is 27.8. The van der Waals surface area contributed by atoms with Crippen molar-refractivity contribution in [2.45, 2.75) is 78.6 Å². The summed E-state index contributed by atoms with van der Waals surface area (Å²) in [5.41, 5.74) is 0.186. The predicted molar refractivity (Wildman–Crippen MR) is 169 cm³/mol. The quantitative estimate of drug-likeness (QED) is 0.0530. The van der Waals surface area contributed by atoms with Crippen LogP contribution in [0.25, 0.3) is 0 Å². The van der Waals surface area contributed by atoms with Crippen LogP contribution in [-0.2, 0) is 71.5 Å². The summed E-state index contributed by atoms with van der Waals surface area (Å²) in [6.45, 7) is 6.04. The Balaban J connectivity index is 3.66. The fraction of sp³-hybridized carbons (Fsp3) is 0.630. The summed E-state index contributed by atoms with van der Waals surface area (Å²) in [7, 11) is -10.2. The Morgan fingerprint density at radius 2 is 0.959 bits per heavy atom. The highest BCUT2D eigenvalue weighted by Gasteiger charge is 2.52. The van der Waals surface area contributed by atoms with Crippen molar-refractivity contribution in [3.63, 3.8) is 0 Å². The van der Waals surface area contributed by atoms with Crippen molar-refractivity contribution in [3.8, 4) is 0 Å². The molecule has 2 atom stereocenters. The molecular weight excluding hydrogens is 745 g/mol. The minimum Gasteiger partial charge on any atom is -0.435 e. The van der Waals surface area contributed by atoms with E-state index in [-0.39, 0.29) is 22.2 Å². The number of carbonyl (C=O) groups is 4. The molecule has 0 saturated heterocycles. The first-order valence-electron chi connectivity index (χ1n) is 14.4. The molecule has 0 radical (unpaired) electrons. The molecule has 280 valence electrons. The Labute approximate surface area is 293 Å². The van der Waals surface area contributed by atoms with Crippen molar-refractivity contribution < 1.29 is 84.3 Å². The second kappa shape index (κ2) is 22.1. The molecule has 0 amide bonds. The summed E-state index contributed by atoms with van der Waals surface area (Å²) in [4.78, 5) is 47.9. The van der Waals surface area contributed by atoms with Gasteiger partial charge in [-0.25, -0.2) is 19.2 Å². The molecule has 0 aliphatic rings. The maximum absolute atomic E-state index is 14.6. The lowest BCUT2D eigenvalue weighted by Crippen LogP contribution is -2.24. The molecule has 0 fully saturated rings. The van der Waals surface area contributed by atoms with Crippen molar-refractivity contribution in [1.82, 2.24) is 0 Å². The van der Waals surface area contributed by atoms with E-state index in [2.05, 4.69) is 4.74 Å². The van der Waals surface area contributed by atoms with Crippen molar-refractivity contribution in [1.29, 1.82) is 0 Å². The van der Waals surface area contributed by atoms with E-state index in [0.29, 0.717) is 0 Å². The number of hydrogen-bond acceptors (Lipinski definition) is 18. The molecule has 18 nitrogen and oxygen atoms in total. The lowest BCUT2D eigenvalue weighted by atomic mass is 10.2. The highest BCUT2D eigenvalue weighted by Crippen LogP contribution is 2.71. The molecule has 0 saturated carbocycles. The van der Waals surface area contributed by atoms with Gasteiger partial charge < -0.3 is 37.9 Å². The summed E-state index contributed by atoms with van der Waals surface area (Å²) in [6.07, 6.45) is -7.39. The SMILES string of the molecule is CCOC(=O)OCOP(=O)(OCOC(=O)OC(C)C)C(Cc1ccc(Cl)c(Cl)c1)P(=O)(OCOC(=O)OC(C)C)OCOC(=O)OC(C)C. The standard InChI is InChI=1S/C27H40Cl2O18P2/c1-8-36-24(30)37-13-41-48(34,42-14-38-25(31)45-17(2)3)23(12-20-9-10-21(28)22(29)11-20)49(35,43-15-39-26(32)46-18(4)5)44-16-40-27(33)47-19(6)7/h9-11,17-19,23H,8,12-16H2,1-7H3. The normalized spacial score (nSPS) is 13.3. The summed E-state index contributed by atoms with van der Waals surface area (Å²) in [5.74, 6) is 0. The Bertz CT molecular complexity index is 1290. The first-order valence-corrected chi connectivity index (χ1v) is 18.4. The monoisotopic (exact) mass is 784 g/mol. The minimum atomic E-state index is -5.09. The van der Waals surface area contributed by atoms with E-state index in [9.17, 15) is 28.3 Å². The number of ether oxygens (including phenoxy) is 8. The largest absolute Gasteiger partial charge is 0.510 e. The molecular formula is C27H40Cl2O18P2. The Morgan fingerprint density at radius 3 is 1.29 bits per heavy atom. The van der Waals surface area contributed by atoms with Gasteiger partial charge in [-0.15, -0.1) is 0 Å². The molecule has 22 heteroatoms. The van der Waals surface area contributed by atoms with Gasteiger partial charge in [0, 0.05) is 0 Å². The average Bonchev–Trinajstić information content (AvgIpc) is 2.96. The molecule has 1 aromatic rings. The van der Waals surface area contributed by atoms with Gasteiger partial charge in [0.1, 0.15) is 0 Å². The zero-order valence-corrected chi connectivity index (χ0v) is 31.1. The maximum atomic E-state index is 14.6. The van der Waals surface area contributed by atoms with E-state index in [1.807, 2.05) is 0 Å². The number of halogens is 2. The van der Waals surface area contributed by atoms with Crippen molar-refractivity contribution >= 4 is 63.0 Å². The molecule has 1 aromatic carbocycles. The van der Waals surface area contributed by atoms with E-state index in [1.165, 1.54) is 66.7 Å². The second-order valence-corrected chi connectivity index (χ2v) is 15.7. The van der Waals surface area contributed by atoms with Gasteiger partial charge in [0.25, 0.3) is 0 Å². The maximum Gasteiger partial charge on any atom is 0.510 e. The zero-order chi connectivity index (χ0) is 37.2. The van der Waals surface area contributed by atoms with Gasteiger partial charge in [-0.3, -0.25) is 27.2 Å². The summed E-state index contributed by atoms with van der Waals surface area (Å²) < 4.78 is 88.9. The lowest BCUT2D eigenvalue weighted by Gasteiger charge is -2.31. The van der Waals surface area contributed by atoms with E-state index in [1.54, 1.807) is 0 Å². The molecule has 0 aromatic heterocycles.